The van der Waals surface area contributed by atoms with E-state index in [-0.39, 0.29) is 23.3 Å². The number of thiophene rings is 1. The summed E-state index contributed by atoms with van der Waals surface area (Å²) >= 11 is 8.69. The van der Waals surface area contributed by atoms with Gasteiger partial charge in [-0.15, -0.1) is 22.7 Å². The lowest BCUT2D eigenvalue weighted by atomic mass is 10.1. The van der Waals surface area contributed by atoms with Crippen LogP contribution in [0.2, 0.25) is 4.34 Å². The van der Waals surface area contributed by atoms with Gasteiger partial charge in [0.2, 0.25) is 0 Å². The van der Waals surface area contributed by atoms with E-state index in [2.05, 4.69) is 10.3 Å². The number of amides is 1. The van der Waals surface area contributed by atoms with Crippen molar-refractivity contribution in [3.8, 4) is 9.88 Å². The molecule has 9 heteroatoms. The maximum absolute atomic E-state index is 12.1. The van der Waals surface area contributed by atoms with Crippen molar-refractivity contribution in [3.05, 3.63) is 27.5 Å². The molecule has 0 aliphatic carbocycles. The van der Waals surface area contributed by atoms with Gasteiger partial charge in [0.1, 0.15) is 10.7 Å². The molecule has 3 heterocycles. The molecule has 118 valence electrons. The van der Waals surface area contributed by atoms with Crippen LogP contribution >= 0.6 is 34.3 Å². The molecule has 1 atom stereocenters. The van der Waals surface area contributed by atoms with Crippen LogP contribution in [-0.2, 0) is 9.84 Å². The van der Waals surface area contributed by atoms with Gasteiger partial charge >= 0.3 is 0 Å². The first kappa shape index (κ1) is 15.9. The Labute approximate surface area is 141 Å². The number of sulfone groups is 1. The van der Waals surface area contributed by atoms with Crippen molar-refractivity contribution in [1.82, 2.24) is 10.3 Å². The highest BCUT2D eigenvalue weighted by Gasteiger charge is 2.28. The molecule has 22 heavy (non-hydrogen) atoms. The molecule has 0 spiro atoms. The molecule has 0 aromatic carbocycles. The van der Waals surface area contributed by atoms with Crippen LogP contribution in [0.3, 0.4) is 0 Å². The molecular formula is C13H13ClN2O3S3. The minimum Gasteiger partial charge on any atom is -0.350 e. The summed E-state index contributed by atoms with van der Waals surface area (Å²) in [6, 6.07) is 3.67. The Morgan fingerprint density at radius 1 is 1.45 bits per heavy atom. The molecule has 1 N–H and O–H groups in total. The monoisotopic (exact) mass is 376 g/mol. The number of carbonyl (C=O) groups excluding carboxylic acids is 1. The lowest BCUT2D eigenvalue weighted by Crippen LogP contribution is -2.30. The van der Waals surface area contributed by atoms with Gasteiger partial charge in [0.05, 0.1) is 20.7 Å². The van der Waals surface area contributed by atoms with Crippen molar-refractivity contribution in [2.45, 2.75) is 6.42 Å². The fourth-order valence-electron chi connectivity index (χ4n) is 2.28. The number of carbonyl (C=O) groups is 1. The molecule has 0 bridgehead atoms. The van der Waals surface area contributed by atoms with Crippen LogP contribution < -0.4 is 5.32 Å². The third-order valence-corrected chi connectivity index (χ3v) is 7.48. The summed E-state index contributed by atoms with van der Waals surface area (Å²) in [5.74, 6) is 0.106. The first-order valence-electron chi connectivity index (χ1n) is 6.63. The average Bonchev–Trinajstić information content (AvgIpc) is 3.15. The van der Waals surface area contributed by atoms with Crippen molar-refractivity contribution in [2.75, 3.05) is 18.1 Å². The fraction of sp³-hybridized carbons (Fsp3) is 0.385. The first-order chi connectivity index (χ1) is 10.4. The summed E-state index contributed by atoms with van der Waals surface area (Å²) in [7, 11) is -2.91. The van der Waals surface area contributed by atoms with Crippen LogP contribution in [-0.4, -0.2) is 37.4 Å². The molecule has 2 aromatic rings. The molecule has 1 unspecified atom stereocenters. The summed E-state index contributed by atoms with van der Waals surface area (Å²) in [4.78, 5) is 17.3. The number of rotatable bonds is 4. The zero-order valence-corrected chi connectivity index (χ0v) is 14.6. The molecule has 0 radical (unpaired) electrons. The summed E-state index contributed by atoms with van der Waals surface area (Å²) in [6.45, 7) is 0.371. The van der Waals surface area contributed by atoms with Gasteiger partial charge in [-0.25, -0.2) is 13.4 Å². The second kappa shape index (κ2) is 6.27. The smallest absolute Gasteiger partial charge is 0.270 e. The van der Waals surface area contributed by atoms with E-state index >= 15 is 0 Å². The highest BCUT2D eigenvalue weighted by molar-refractivity contribution is 7.91. The minimum atomic E-state index is -2.91. The van der Waals surface area contributed by atoms with E-state index in [4.69, 9.17) is 11.6 Å². The van der Waals surface area contributed by atoms with Crippen LogP contribution in [0, 0.1) is 5.92 Å². The van der Waals surface area contributed by atoms with Crippen molar-refractivity contribution in [1.29, 1.82) is 0 Å². The number of aromatic nitrogens is 1. The number of halogens is 1. The topological polar surface area (TPSA) is 76.1 Å². The van der Waals surface area contributed by atoms with Crippen LogP contribution in [0.4, 0.5) is 0 Å². The number of nitrogens with one attached hydrogen (secondary N) is 1. The van der Waals surface area contributed by atoms with Crippen molar-refractivity contribution < 1.29 is 13.2 Å². The lowest BCUT2D eigenvalue weighted by Gasteiger charge is -2.08. The number of hydrogen-bond acceptors (Lipinski definition) is 6. The largest absolute Gasteiger partial charge is 0.350 e. The maximum Gasteiger partial charge on any atom is 0.270 e. The Morgan fingerprint density at radius 3 is 2.91 bits per heavy atom. The summed E-state index contributed by atoms with van der Waals surface area (Å²) in [5, 5.41) is 5.22. The van der Waals surface area contributed by atoms with Crippen LogP contribution in [0.5, 0.6) is 0 Å². The van der Waals surface area contributed by atoms with E-state index < -0.39 is 9.84 Å². The summed E-state index contributed by atoms with van der Waals surface area (Å²) in [6.07, 6.45) is 0.610. The van der Waals surface area contributed by atoms with Gasteiger partial charge in [-0.3, -0.25) is 4.79 Å². The minimum absolute atomic E-state index is 0.00292. The van der Waals surface area contributed by atoms with Crippen LogP contribution in [0.1, 0.15) is 16.9 Å². The summed E-state index contributed by atoms with van der Waals surface area (Å²) < 4.78 is 23.4. The SMILES string of the molecule is O=C(NCC1CCS(=O)(=O)C1)c1csc(-c2ccc(Cl)s2)n1. The number of nitrogens with zero attached hydrogens (tertiary/aromatic N) is 1. The Kier molecular flexibility index (Phi) is 4.54. The van der Waals surface area contributed by atoms with Gasteiger partial charge in [0, 0.05) is 11.9 Å². The van der Waals surface area contributed by atoms with Gasteiger partial charge in [-0.05, 0) is 24.5 Å². The quantitative estimate of drug-likeness (QED) is 0.890. The Hall–Kier alpha value is -0.960. The highest BCUT2D eigenvalue weighted by Crippen LogP contribution is 2.32. The Balaban J connectivity index is 1.60. The Morgan fingerprint density at radius 2 is 2.27 bits per heavy atom. The highest BCUT2D eigenvalue weighted by atomic mass is 35.5. The fourth-order valence-corrected chi connectivity index (χ4v) is 6.06. The van der Waals surface area contributed by atoms with E-state index in [0.717, 1.165) is 9.88 Å². The number of hydrogen-bond donors (Lipinski definition) is 1. The lowest BCUT2D eigenvalue weighted by molar-refractivity contribution is 0.0944. The zero-order valence-electron chi connectivity index (χ0n) is 11.4. The van der Waals surface area contributed by atoms with E-state index in [1.165, 1.54) is 22.7 Å². The molecule has 2 aromatic heterocycles. The second-order valence-corrected chi connectivity index (χ2v) is 9.92. The van der Waals surface area contributed by atoms with E-state index in [9.17, 15) is 13.2 Å². The maximum atomic E-state index is 12.1. The standard InChI is InChI=1S/C13H13ClN2O3S3/c14-11-2-1-10(21-11)13-16-9(6-20-13)12(17)15-5-8-3-4-22(18,19)7-8/h1-2,6,8H,3-5,7H2,(H,15,17). The summed E-state index contributed by atoms with van der Waals surface area (Å²) in [5.41, 5.74) is 0.352. The van der Waals surface area contributed by atoms with E-state index in [1.807, 2.05) is 6.07 Å². The first-order valence-corrected chi connectivity index (χ1v) is 10.5. The molecular weight excluding hydrogens is 364 g/mol. The van der Waals surface area contributed by atoms with Gasteiger partial charge in [-0.2, -0.15) is 0 Å². The van der Waals surface area contributed by atoms with Crippen LogP contribution in [0.25, 0.3) is 9.88 Å². The second-order valence-electron chi connectivity index (χ2n) is 5.12. The van der Waals surface area contributed by atoms with Crippen molar-refractivity contribution in [2.24, 2.45) is 5.92 Å². The van der Waals surface area contributed by atoms with Gasteiger partial charge in [-0.1, -0.05) is 11.6 Å². The van der Waals surface area contributed by atoms with Crippen LogP contribution in [0.15, 0.2) is 17.5 Å². The predicted molar refractivity (Wildman–Crippen MR) is 89.5 cm³/mol. The molecule has 1 amide bonds. The zero-order chi connectivity index (χ0) is 15.7. The van der Waals surface area contributed by atoms with Gasteiger partial charge in [0.15, 0.2) is 9.84 Å². The Bertz CT molecular complexity index is 797. The van der Waals surface area contributed by atoms with Gasteiger partial charge in [0.25, 0.3) is 5.91 Å². The molecule has 1 saturated heterocycles. The van der Waals surface area contributed by atoms with Crippen molar-refractivity contribution >= 4 is 50.0 Å². The molecule has 1 aliphatic rings. The van der Waals surface area contributed by atoms with Gasteiger partial charge < -0.3 is 5.32 Å². The third kappa shape index (κ3) is 3.68. The normalized spacial score (nSPS) is 20.1. The van der Waals surface area contributed by atoms with E-state index in [1.54, 1.807) is 11.4 Å². The van der Waals surface area contributed by atoms with Crippen molar-refractivity contribution in [3.63, 3.8) is 0 Å². The number of thiazole rings is 1. The van der Waals surface area contributed by atoms with E-state index in [0.29, 0.717) is 23.0 Å². The molecule has 5 nitrogen and oxygen atoms in total. The predicted octanol–water partition coefficient (Wildman–Crippen LogP) is 2.69. The molecule has 0 saturated carbocycles. The molecule has 1 fully saturated rings. The molecule has 1 aliphatic heterocycles. The molecule has 3 rings (SSSR count). The third-order valence-electron chi connectivity index (χ3n) is 3.40. The average molecular weight is 377 g/mol.